The molecule has 0 saturated heterocycles. The Kier molecular flexibility index (Phi) is 5.01. The van der Waals surface area contributed by atoms with Crippen molar-refractivity contribution >= 4 is 11.3 Å². The molecule has 1 aromatic carbocycles. The first-order valence-electron chi connectivity index (χ1n) is 7.42. The van der Waals surface area contributed by atoms with Crippen LogP contribution >= 0.6 is 11.3 Å². The summed E-state index contributed by atoms with van der Waals surface area (Å²) in [4.78, 5) is 6.08. The molecule has 1 aromatic heterocycles. The number of nitrogens with one attached hydrogen (secondary N) is 1. The van der Waals surface area contributed by atoms with Gasteiger partial charge < -0.3 is 10.4 Å². The summed E-state index contributed by atoms with van der Waals surface area (Å²) in [6, 6.07) is 7.32. The Labute approximate surface area is 131 Å². The molecule has 2 aromatic rings. The molecule has 2 N–H and O–H groups in total. The number of rotatable bonds is 5. The van der Waals surface area contributed by atoms with E-state index in [0.29, 0.717) is 0 Å². The SMILES string of the molecule is CCCc1nc(-c2cccc(O)c2)sc1CNC(C)(C)C. The molecule has 0 saturated carbocycles. The molecular weight excluding hydrogens is 280 g/mol. The van der Waals surface area contributed by atoms with E-state index in [1.807, 2.05) is 12.1 Å². The number of phenolic OH excluding ortho intramolecular Hbond substituents is 1. The standard InChI is InChI=1S/C17H24N2OS/c1-5-7-14-15(11-18-17(2,3)4)21-16(19-14)12-8-6-9-13(20)10-12/h6,8-10,18,20H,5,7,11H2,1-4H3. The van der Waals surface area contributed by atoms with Crippen molar-refractivity contribution in [3.05, 3.63) is 34.8 Å². The van der Waals surface area contributed by atoms with Crippen molar-refractivity contribution in [3.63, 3.8) is 0 Å². The van der Waals surface area contributed by atoms with E-state index in [2.05, 4.69) is 33.0 Å². The maximum atomic E-state index is 9.63. The number of thiazole rings is 1. The topological polar surface area (TPSA) is 45.2 Å². The molecule has 0 aliphatic carbocycles. The average Bonchev–Trinajstić information content (AvgIpc) is 2.79. The number of hydrogen-bond acceptors (Lipinski definition) is 4. The zero-order valence-electron chi connectivity index (χ0n) is 13.2. The second-order valence-electron chi connectivity index (χ2n) is 6.29. The van der Waals surface area contributed by atoms with Crippen LogP contribution in [0.5, 0.6) is 5.75 Å². The van der Waals surface area contributed by atoms with E-state index in [4.69, 9.17) is 4.98 Å². The summed E-state index contributed by atoms with van der Waals surface area (Å²) >= 11 is 1.72. The zero-order chi connectivity index (χ0) is 15.5. The highest BCUT2D eigenvalue weighted by atomic mass is 32.1. The van der Waals surface area contributed by atoms with Gasteiger partial charge >= 0.3 is 0 Å². The van der Waals surface area contributed by atoms with Crippen LogP contribution in [-0.4, -0.2) is 15.6 Å². The highest BCUT2D eigenvalue weighted by Crippen LogP contribution is 2.30. The molecule has 21 heavy (non-hydrogen) atoms. The van der Waals surface area contributed by atoms with Crippen molar-refractivity contribution in [2.24, 2.45) is 0 Å². The van der Waals surface area contributed by atoms with Gasteiger partial charge in [-0.1, -0.05) is 25.5 Å². The van der Waals surface area contributed by atoms with Crippen LogP contribution in [0, 0.1) is 0 Å². The zero-order valence-corrected chi connectivity index (χ0v) is 14.0. The second kappa shape index (κ2) is 6.58. The summed E-state index contributed by atoms with van der Waals surface area (Å²) in [6.45, 7) is 9.53. The lowest BCUT2D eigenvalue weighted by Gasteiger charge is -2.20. The fraction of sp³-hybridized carbons (Fsp3) is 0.471. The van der Waals surface area contributed by atoms with Crippen LogP contribution in [-0.2, 0) is 13.0 Å². The van der Waals surface area contributed by atoms with Crippen LogP contribution in [0.15, 0.2) is 24.3 Å². The van der Waals surface area contributed by atoms with Gasteiger partial charge in [0.2, 0.25) is 0 Å². The molecule has 0 unspecified atom stereocenters. The quantitative estimate of drug-likeness (QED) is 0.863. The summed E-state index contributed by atoms with van der Waals surface area (Å²) in [5, 5.41) is 14.1. The van der Waals surface area contributed by atoms with Gasteiger partial charge in [-0.3, -0.25) is 0 Å². The van der Waals surface area contributed by atoms with Gasteiger partial charge in [0.15, 0.2) is 0 Å². The third kappa shape index (κ3) is 4.55. The molecule has 0 spiro atoms. The summed E-state index contributed by atoms with van der Waals surface area (Å²) < 4.78 is 0. The first-order valence-corrected chi connectivity index (χ1v) is 8.23. The first-order chi connectivity index (χ1) is 9.89. The fourth-order valence-corrected chi connectivity index (χ4v) is 3.11. The van der Waals surface area contributed by atoms with Crippen molar-refractivity contribution in [2.45, 2.75) is 52.6 Å². The van der Waals surface area contributed by atoms with E-state index in [1.54, 1.807) is 23.5 Å². The third-order valence-electron chi connectivity index (χ3n) is 3.14. The predicted octanol–water partition coefficient (Wildman–Crippen LogP) is 4.36. The number of benzene rings is 1. The predicted molar refractivity (Wildman–Crippen MR) is 89.8 cm³/mol. The molecular formula is C17H24N2OS. The van der Waals surface area contributed by atoms with Gasteiger partial charge in [0, 0.05) is 22.5 Å². The number of hydrogen-bond donors (Lipinski definition) is 2. The van der Waals surface area contributed by atoms with Crippen LogP contribution in [0.2, 0.25) is 0 Å². The van der Waals surface area contributed by atoms with Gasteiger partial charge in [0.05, 0.1) is 5.69 Å². The molecule has 3 nitrogen and oxygen atoms in total. The summed E-state index contributed by atoms with van der Waals surface area (Å²) in [5.74, 6) is 0.286. The van der Waals surface area contributed by atoms with Crippen molar-refractivity contribution in [1.82, 2.24) is 10.3 Å². The Hall–Kier alpha value is -1.39. The average molecular weight is 304 g/mol. The Bertz CT molecular complexity index is 599. The summed E-state index contributed by atoms with van der Waals surface area (Å²) in [7, 11) is 0. The summed E-state index contributed by atoms with van der Waals surface area (Å²) in [6.07, 6.45) is 2.09. The van der Waals surface area contributed by atoms with Crippen LogP contribution in [0.1, 0.15) is 44.7 Å². The van der Waals surface area contributed by atoms with Gasteiger partial charge in [0.25, 0.3) is 0 Å². The largest absolute Gasteiger partial charge is 0.508 e. The minimum absolute atomic E-state index is 0.0959. The smallest absolute Gasteiger partial charge is 0.124 e. The first kappa shape index (κ1) is 16.0. The lowest BCUT2D eigenvalue weighted by molar-refractivity contribution is 0.425. The lowest BCUT2D eigenvalue weighted by Crippen LogP contribution is -2.35. The number of aromatic hydroxyl groups is 1. The third-order valence-corrected chi connectivity index (χ3v) is 4.28. The van der Waals surface area contributed by atoms with Gasteiger partial charge in [-0.15, -0.1) is 11.3 Å². The number of aromatic nitrogens is 1. The lowest BCUT2D eigenvalue weighted by atomic mass is 10.1. The molecule has 0 fully saturated rings. The highest BCUT2D eigenvalue weighted by molar-refractivity contribution is 7.15. The molecule has 0 amide bonds. The monoisotopic (exact) mass is 304 g/mol. The van der Waals surface area contributed by atoms with E-state index < -0.39 is 0 Å². The Morgan fingerprint density at radius 3 is 2.67 bits per heavy atom. The maximum absolute atomic E-state index is 9.63. The highest BCUT2D eigenvalue weighted by Gasteiger charge is 2.15. The molecule has 114 valence electrons. The second-order valence-corrected chi connectivity index (χ2v) is 7.38. The van der Waals surface area contributed by atoms with Crippen LogP contribution in [0.3, 0.4) is 0 Å². The number of phenols is 1. The molecule has 1 heterocycles. The molecule has 0 radical (unpaired) electrons. The number of aryl methyl sites for hydroxylation is 1. The van der Waals surface area contributed by atoms with Crippen molar-refractivity contribution in [1.29, 1.82) is 0 Å². The minimum Gasteiger partial charge on any atom is -0.508 e. The molecule has 0 atom stereocenters. The molecule has 0 aliphatic rings. The van der Waals surface area contributed by atoms with E-state index in [9.17, 15) is 5.11 Å². The summed E-state index contributed by atoms with van der Waals surface area (Å²) in [5.41, 5.74) is 2.26. The number of nitrogens with zero attached hydrogens (tertiary/aromatic N) is 1. The Morgan fingerprint density at radius 1 is 1.29 bits per heavy atom. The fourth-order valence-electron chi connectivity index (χ4n) is 2.06. The molecule has 0 bridgehead atoms. The normalized spacial score (nSPS) is 11.8. The van der Waals surface area contributed by atoms with Gasteiger partial charge in [-0.05, 0) is 39.3 Å². The van der Waals surface area contributed by atoms with Crippen LogP contribution in [0.4, 0.5) is 0 Å². The van der Waals surface area contributed by atoms with E-state index in [-0.39, 0.29) is 11.3 Å². The molecule has 2 rings (SSSR count). The van der Waals surface area contributed by atoms with E-state index in [0.717, 1.165) is 30.0 Å². The van der Waals surface area contributed by atoms with E-state index >= 15 is 0 Å². The van der Waals surface area contributed by atoms with Crippen LogP contribution in [0.25, 0.3) is 10.6 Å². The minimum atomic E-state index is 0.0959. The maximum Gasteiger partial charge on any atom is 0.124 e. The molecule has 4 heteroatoms. The van der Waals surface area contributed by atoms with Crippen molar-refractivity contribution in [3.8, 4) is 16.3 Å². The van der Waals surface area contributed by atoms with Gasteiger partial charge in [-0.25, -0.2) is 4.98 Å². The van der Waals surface area contributed by atoms with Gasteiger partial charge in [-0.2, -0.15) is 0 Å². The van der Waals surface area contributed by atoms with Crippen LogP contribution < -0.4 is 5.32 Å². The van der Waals surface area contributed by atoms with E-state index in [1.165, 1.54) is 10.6 Å². The van der Waals surface area contributed by atoms with Crippen molar-refractivity contribution < 1.29 is 5.11 Å². The van der Waals surface area contributed by atoms with Crippen molar-refractivity contribution in [2.75, 3.05) is 0 Å². The van der Waals surface area contributed by atoms with Gasteiger partial charge in [0.1, 0.15) is 10.8 Å². The Balaban J connectivity index is 2.28. The molecule has 0 aliphatic heterocycles. The Morgan fingerprint density at radius 2 is 2.05 bits per heavy atom.